The second-order valence-corrected chi connectivity index (χ2v) is 7.96. The summed E-state index contributed by atoms with van der Waals surface area (Å²) in [5.74, 6) is 0.822. The number of fused-ring (bicyclic) bond motifs is 1. The van der Waals surface area contributed by atoms with E-state index >= 15 is 0 Å². The fourth-order valence-corrected chi connectivity index (χ4v) is 4.28. The first kappa shape index (κ1) is 19.5. The van der Waals surface area contributed by atoms with Gasteiger partial charge in [-0.2, -0.15) is 10.2 Å². The zero-order valence-corrected chi connectivity index (χ0v) is 17.0. The van der Waals surface area contributed by atoms with E-state index in [1.165, 1.54) is 10.6 Å². The summed E-state index contributed by atoms with van der Waals surface area (Å²) in [6.45, 7) is 2.61. The number of piperidine rings is 1. The number of rotatable bonds is 4. The number of amides is 1. The number of ether oxygens (including phenoxy) is 1. The number of aromatic nitrogens is 5. The largest absolute Gasteiger partial charge is 0.478 e. The minimum atomic E-state index is -0.473. The zero-order valence-electron chi connectivity index (χ0n) is 17.0. The number of para-hydroxylation sites is 1. The van der Waals surface area contributed by atoms with Gasteiger partial charge in [0.2, 0.25) is 5.88 Å². The Balaban J connectivity index is 1.25. The normalized spacial score (nSPS) is 16.7. The summed E-state index contributed by atoms with van der Waals surface area (Å²) in [7, 11) is 0. The molecule has 1 N–H and O–H groups in total. The van der Waals surface area contributed by atoms with Gasteiger partial charge in [0.05, 0.1) is 12.3 Å². The maximum Gasteiger partial charge on any atom is 0.348 e. The molecule has 0 radical (unpaired) electrons. The van der Waals surface area contributed by atoms with Crippen LogP contribution in [-0.4, -0.2) is 55.0 Å². The number of hydrogen-bond acceptors (Lipinski definition) is 5. The average Bonchev–Trinajstić information content (AvgIpc) is 3.38. The molecule has 9 nitrogen and oxygen atoms in total. The number of nitrogens with one attached hydrogen (secondary N) is 1. The van der Waals surface area contributed by atoms with Crippen molar-refractivity contribution in [2.75, 3.05) is 19.7 Å². The zero-order chi connectivity index (χ0) is 21.4. The van der Waals surface area contributed by atoms with Crippen LogP contribution in [0.1, 0.15) is 35.6 Å². The molecule has 0 saturated carbocycles. The van der Waals surface area contributed by atoms with Crippen molar-refractivity contribution in [3.05, 3.63) is 58.2 Å². The van der Waals surface area contributed by atoms with Crippen LogP contribution in [0.4, 0.5) is 4.39 Å². The van der Waals surface area contributed by atoms with Gasteiger partial charge in [-0.3, -0.25) is 4.79 Å². The first-order chi connectivity index (χ1) is 15.1. The maximum atomic E-state index is 14.2. The van der Waals surface area contributed by atoms with Crippen LogP contribution in [-0.2, 0) is 13.0 Å². The molecule has 2 aromatic heterocycles. The third-order valence-electron chi connectivity index (χ3n) is 5.93. The first-order valence-electron chi connectivity index (χ1n) is 10.5. The van der Waals surface area contributed by atoms with E-state index in [1.54, 1.807) is 33.8 Å². The molecule has 2 aliphatic heterocycles. The SMILES string of the molecule is O=C(c1cc2n(n1)CCCO2)N1CCC(Cc2n[nH]c(=O)n2-c2ccccc2F)CC1. The number of aromatic amines is 1. The van der Waals surface area contributed by atoms with Gasteiger partial charge in [0.1, 0.15) is 11.6 Å². The van der Waals surface area contributed by atoms with E-state index in [4.69, 9.17) is 4.74 Å². The molecule has 1 saturated heterocycles. The molecular weight excluding hydrogens is 403 g/mol. The van der Waals surface area contributed by atoms with Gasteiger partial charge in [-0.05, 0) is 30.9 Å². The molecule has 0 atom stereocenters. The number of carbonyl (C=O) groups excluding carboxylic acids is 1. The van der Waals surface area contributed by atoms with Gasteiger partial charge in [-0.25, -0.2) is 23.5 Å². The van der Waals surface area contributed by atoms with Gasteiger partial charge in [0, 0.05) is 38.5 Å². The molecule has 5 rings (SSSR count). The molecule has 2 aliphatic rings. The summed E-state index contributed by atoms with van der Waals surface area (Å²) in [5.41, 5.74) is 0.143. The van der Waals surface area contributed by atoms with Crippen LogP contribution < -0.4 is 10.4 Å². The Morgan fingerprint density at radius 3 is 2.81 bits per heavy atom. The second-order valence-electron chi connectivity index (χ2n) is 7.96. The Morgan fingerprint density at radius 2 is 2.03 bits per heavy atom. The van der Waals surface area contributed by atoms with E-state index in [-0.39, 0.29) is 17.5 Å². The van der Waals surface area contributed by atoms with E-state index in [0.717, 1.165) is 25.8 Å². The molecule has 0 aliphatic carbocycles. The van der Waals surface area contributed by atoms with E-state index in [1.807, 2.05) is 0 Å². The summed E-state index contributed by atoms with van der Waals surface area (Å²) < 4.78 is 22.8. The average molecular weight is 426 g/mol. The lowest BCUT2D eigenvalue weighted by molar-refractivity contribution is 0.0682. The van der Waals surface area contributed by atoms with Crippen molar-refractivity contribution in [3.8, 4) is 11.6 Å². The Morgan fingerprint density at radius 1 is 1.23 bits per heavy atom. The predicted molar refractivity (Wildman–Crippen MR) is 109 cm³/mol. The molecule has 0 unspecified atom stereocenters. The Hall–Kier alpha value is -3.43. The molecule has 1 amide bonds. The van der Waals surface area contributed by atoms with Crippen LogP contribution in [0.15, 0.2) is 35.1 Å². The van der Waals surface area contributed by atoms with Crippen LogP contribution in [0, 0.1) is 11.7 Å². The van der Waals surface area contributed by atoms with Crippen LogP contribution in [0.5, 0.6) is 5.88 Å². The summed E-state index contributed by atoms with van der Waals surface area (Å²) in [6, 6.07) is 7.86. The number of hydrogen-bond donors (Lipinski definition) is 1. The van der Waals surface area contributed by atoms with Crippen LogP contribution in [0.2, 0.25) is 0 Å². The summed E-state index contributed by atoms with van der Waals surface area (Å²) in [5, 5.41) is 10.9. The van der Waals surface area contributed by atoms with Crippen molar-refractivity contribution in [1.82, 2.24) is 29.4 Å². The van der Waals surface area contributed by atoms with Gasteiger partial charge in [-0.1, -0.05) is 12.1 Å². The van der Waals surface area contributed by atoms with Crippen molar-refractivity contribution >= 4 is 5.91 Å². The van der Waals surface area contributed by atoms with Crippen LogP contribution in [0.25, 0.3) is 5.69 Å². The molecule has 1 aromatic carbocycles. The fraction of sp³-hybridized carbons (Fsp3) is 0.429. The first-order valence-corrected chi connectivity index (χ1v) is 10.5. The molecule has 3 aromatic rings. The number of benzene rings is 1. The third kappa shape index (κ3) is 3.73. The van der Waals surface area contributed by atoms with Crippen LogP contribution in [0.3, 0.4) is 0 Å². The van der Waals surface area contributed by atoms with Crippen molar-refractivity contribution in [2.24, 2.45) is 5.92 Å². The number of likely N-dealkylation sites (tertiary alicyclic amines) is 1. The van der Waals surface area contributed by atoms with Gasteiger partial charge in [-0.15, -0.1) is 0 Å². The standard InChI is InChI=1S/C21H23FN6O3/c22-15-4-1-2-5-17(15)28-18(23-24-21(28)30)12-14-6-9-26(10-7-14)20(29)16-13-19-27(25-16)8-3-11-31-19/h1-2,4-5,13-14H,3,6-12H2,(H,24,30). The highest BCUT2D eigenvalue weighted by molar-refractivity contribution is 5.92. The minimum Gasteiger partial charge on any atom is -0.478 e. The quantitative estimate of drug-likeness (QED) is 0.686. The van der Waals surface area contributed by atoms with Gasteiger partial charge in [0.25, 0.3) is 5.91 Å². The molecule has 162 valence electrons. The summed E-state index contributed by atoms with van der Waals surface area (Å²) >= 11 is 0. The Bertz CT molecular complexity index is 1130. The number of nitrogens with zero attached hydrogens (tertiary/aromatic N) is 5. The topological polar surface area (TPSA) is 98.0 Å². The molecular formula is C21H23FN6O3. The molecule has 0 bridgehead atoms. The monoisotopic (exact) mass is 426 g/mol. The third-order valence-corrected chi connectivity index (χ3v) is 5.93. The maximum absolute atomic E-state index is 14.2. The summed E-state index contributed by atoms with van der Waals surface area (Å²) in [4.78, 5) is 26.9. The second kappa shape index (κ2) is 8.01. The lowest BCUT2D eigenvalue weighted by Gasteiger charge is -2.31. The number of aryl methyl sites for hydroxylation is 1. The highest BCUT2D eigenvalue weighted by Crippen LogP contribution is 2.25. The van der Waals surface area contributed by atoms with E-state index in [9.17, 15) is 14.0 Å². The smallest absolute Gasteiger partial charge is 0.348 e. The minimum absolute atomic E-state index is 0.0908. The van der Waals surface area contributed by atoms with Gasteiger partial charge in [0.15, 0.2) is 5.69 Å². The van der Waals surface area contributed by atoms with Crippen molar-refractivity contribution in [3.63, 3.8) is 0 Å². The van der Waals surface area contributed by atoms with Crippen molar-refractivity contribution in [2.45, 2.75) is 32.2 Å². The van der Waals surface area contributed by atoms with E-state index < -0.39 is 11.5 Å². The van der Waals surface area contributed by atoms with Crippen molar-refractivity contribution < 1.29 is 13.9 Å². The number of H-pyrrole nitrogens is 1. The van der Waals surface area contributed by atoms with E-state index in [0.29, 0.717) is 43.5 Å². The molecule has 31 heavy (non-hydrogen) atoms. The highest BCUT2D eigenvalue weighted by Gasteiger charge is 2.28. The lowest BCUT2D eigenvalue weighted by atomic mass is 9.93. The lowest BCUT2D eigenvalue weighted by Crippen LogP contribution is -2.39. The fourth-order valence-electron chi connectivity index (χ4n) is 4.28. The molecule has 10 heteroatoms. The van der Waals surface area contributed by atoms with Crippen LogP contribution >= 0.6 is 0 Å². The van der Waals surface area contributed by atoms with Gasteiger partial charge >= 0.3 is 5.69 Å². The predicted octanol–water partition coefficient (Wildman–Crippen LogP) is 1.77. The molecule has 1 fully saturated rings. The molecule has 4 heterocycles. The molecule has 0 spiro atoms. The Labute approximate surface area is 177 Å². The number of halogens is 1. The Kier molecular flexibility index (Phi) is 5.05. The van der Waals surface area contributed by atoms with Gasteiger partial charge < -0.3 is 9.64 Å². The summed E-state index contributed by atoms with van der Waals surface area (Å²) in [6.07, 6.45) is 2.96. The van der Waals surface area contributed by atoms with E-state index in [2.05, 4.69) is 15.3 Å². The van der Waals surface area contributed by atoms with Crippen molar-refractivity contribution in [1.29, 1.82) is 0 Å². The number of carbonyl (C=O) groups is 1. The highest BCUT2D eigenvalue weighted by atomic mass is 19.1.